The SMILES string of the molecule is Cc1c(C(=O)NC2CCC2)cc(-c2ccc(SNC(C)(C)C)c3ccsc23)n1CC1CCCCC1. The Balaban J connectivity index is 1.54. The normalized spacial score (nSPS) is 17.6. The third kappa shape index (κ3) is 5.50. The van der Waals surface area contributed by atoms with E-state index in [1.807, 2.05) is 0 Å². The van der Waals surface area contributed by atoms with Crippen molar-refractivity contribution in [1.82, 2.24) is 14.6 Å². The van der Waals surface area contributed by atoms with E-state index in [1.165, 1.54) is 64.8 Å². The number of nitrogens with one attached hydrogen (secondary N) is 2. The van der Waals surface area contributed by atoms with Crippen LogP contribution in [0.15, 0.2) is 34.5 Å². The van der Waals surface area contributed by atoms with Crippen LogP contribution < -0.4 is 10.0 Å². The number of nitrogens with zero attached hydrogens (tertiary/aromatic N) is 1. The molecule has 2 N–H and O–H groups in total. The van der Waals surface area contributed by atoms with Gasteiger partial charge in [-0.1, -0.05) is 25.3 Å². The molecule has 1 amide bonds. The van der Waals surface area contributed by atoms with Crippen LogP contribution in [0.25, 0.3) is 21.3 Å². The fourth-order valence-electron chi connectivity index (χ4n) is 5.31. The Morgan fingerprint density at radius 2 is 1.86 bits per heavy atom. The molecule has 0 bridgehead atoms. The molecule has 2 aliphatic rings. The topological polar surface area (TPSA) is 46.1 Å². The molecule has 1 aromatic carbocycles. The Morgan fingerprint density at radius 1 is 1.09 bits per heavy atom. The first-order valence-electron chi connectivity index (χ1n) is 13.3. The number of carbonyl (C=O) groups excluding carboxylic acids is 1. The van der Waals surface area contributed by atoms with Crippen molar-refractivity contribution in [2.45, 2.75) is 102 Å². The van der Waals surface area contributed by atoms with E-state index in [0.29, 0.717) is 12.0 Å². The molecule has 6 heteroatoms. The highest BCUT2D eigenvalue weighted by Crippen LogP contribution is 2.40. The number of amides is 1. The molecule has 2 aliphatic carbocycles. The second-order valence-corrected chi connectivity index (χ2v) is 13.2. The van der Waals surface area contributed by atoms with Crippen molar-refractivity contribution in [2.75, 3.05) is 0 Å². The summed E-state index contributed by atoms with van der Waals surface area (Å²) < 4.78 is 7.33. The average Bonchev–Trinajstić information content (AvgIpc) is 3.41. The third-order valence-electron chi connectivity index (χ3n) is 7.54. The van der Waals surface area contributed by atoms with E-state index in [9.17, 15) is 4.79 Å². The predicted molar refractivity (Wildman–Crippen MR) is 150 cm³/mol. The van der Waals surface area contributed by atoms with Crippen LogP contribution in [0.5, 0.6) is 0 Å². The molecular formula is C29H39N3OS2. The van der Waals surface area contributed by atoms with Crippen molar-refractivity contribution in [1.29, 1.82) is 0 Å². The van der Waals surface area contributed by atoms with Crippen LogP contribution in [0.1, 0.15) is 88.2 Å². The summed E-state index contributed by atoms with van der Waals surface area (Å²) in [5.74, 6) is 0.792. The molecule has 35 heavy (non-hydrogen) atoms. The minimum atomic E-state index is 0.0419. The second kappa shape index (κ2) is 10.3. The van der Waals surface area contributed by atoms with Gasteiger partial charge in [-0.25, -0.2) is 0 Å². The summed E-state index contributed by atoms with van der Waals surface area (Å²) in [5.41, 5.74) is 4.44. The highest BCUT2D eigenvalue weighted by Gasteiger charge is 2.26. The van der Waals surface area contributed by atoms with Crippen molar-refractivity contribution in [3.63, 3.8) is 0 Å². The number of fused-ring (bicyclic) bond motifs is 1. The van der Waals surface area contributed by atoms with Gasteiger partial charge in [0.2, 0.25) is 0 Å². The molecule has 2 aromatic heterocycles. The number of hydrogen-bond donors (Lipinski definition) is 2. The highest BCUT2D eigenvalue weighted by molar-refractivity contribution is 7.97. The van der Waals surface area contributed by atoms with Gasteiger partial charge in [-0.2, -0.15) is 0 Å². The fraction of sp³-hybridized carbons (Fsp3) is 0.552. The summed E-state index contributed by atoms with van der Waals surface area (Å²) in [6.07, 6.45) is 10.1. The van der Waals surface area contributed by atoms with Crippen molar-refractivity contribution in [2.24, 2.45) is 5.92 Å². The van der Waals surface area contributed by atoms with Gasteiger partial charge in [0.1, 0.15) is 0 Å². The van der Waals surface area contributed by atoms with Crippen molar-refractivity contribution >= 4 is 39.3 Å². The third-order valence-corrected chi connectivity index (χ3v) is 9.77. The Bertz CT molecular complexity index is 1190. The molecule has 0 radical (unpaired) electrons. The maximum absolute atomic E-state index is 13.3. The Labute approximate surface area is 218 Å². The molecule has 4 nitrogen and oxygen atoms in total. The molecule has 2 heterocycles. The quantitative estimate of drug-likeness (QED) is 0.318. The van der Waals surface area contributed by atoms with Crippen LogP contribution in [0, 0.1) is 12.8 Å². The van der Waals surface area contributed by atoms with Gasteiger partial charge in [0, 0.05) is 44.4 Å². The van der Waals surface area contributed by atoms with Gasteiger partial charge in [-0.05, 0) is 101 Å². The summed E-state index contributed by atoms with van der Waals surface area (Å²) in [6, 6.07) is 9.27. The molecule has 188 valence electrons. The molecule has 5 rings (SSSR count). The molecule has 0 saturated heterocycles. The van der Waals surface area contributed by atoms with Crippen molar-refractivity contribution in [3.8, 4) is 11.3 Å². The first-order chi connectivity index (χ1) is 16.8. The lowest BCUT2D eigenvalue weighted by atomic mass is 9.89. The summed E-state index contributed by atoms with van der Waals surface area (Å²) in [5, 5.41) is 6.76. The van der Waals surface area contributed by atoms with Gasteiger partial charge < -0.3 is 9.88 Å². The van der Waals surface area contributed by atoms with Crippen LogP contribution >= 0.6 is 23.3 Å². The molecular weight excluding hydrogens is 470 g/mol. The first-order valence-corrected chi connectivity index (χ1v) is 15.0. The Kier molecular flexibility index (Phi) is 7.34. The average molecular weight is 510 g/mol. The number of benzene rings is 1. The maximum atomic E-state index is 13.3. The van der Waals surface area contributed by atoms with Crippen LogP contribution in [-0.2, 0) is 6.54 Å². The Morgan fingerprint density at radius 3 is 2.54 bits per heavy atom. The zero-order chi connectivity index (χ0) is 24.6. The summed E-state index contributed by atoms with van der Waals surface area (Å²) in [6.45, 7) is 9.72. The zero-order valence-electron chi connectivity index (χ0n) is 21.6. The highest BCUT2D eigenvalue weighted by atomic mass is 32.2. The molecule has 2 saturated carbocycles. The van der Waals surface area contributed by atoms with Crippen molar-refractivity contribution in [3.05, 3.63) is 40.9 Å². The molecule has 0 unspecified atom stereocenters. The fourth-order valence-corrected chi connectivity index (χ4v) is 7.15. The van der Waals surface area contributed by atoms with E-state index in [-0.39, 0.29) is 11.4 Å². The van der Waals surface area contributed by atoms with Gasteiger partial charge in [-0.15, -0.1) is 11.3 Å². The molecule has 0 spiro atoms. The lowest BCUT2D eigenvalue weighted by Crippen LogP contribution is -2.39. The zero-order valence-corrected chi connectivity index (χ0v) is 23.2. The first kappa shape index (κ1) is 24.9. The predicted octanol–water partition coefficient (Wildman–Crippen LogP) is 7.94. The minimum Gasteiger partial charge on any atom is -0.349 e. The van der Waals surface area contributed by atoms with E-state index in [1.54, 1.807) is 23.3 Å². The van der Waals surface area contributed by atoms with E-state index < -0.39 is 0 Å². The van der Waals surface area contributed by atoms with Gasteiger partial charge >= 0.3 is 0 Å². The van der Waals surface area contributed by atoms with E-state index >= 15 is 0 Å². The largest absolute Gasteiger partial charge is 0.349 e. The van der Waals surface area contributed by atoms with E-state index in [0.717, 1.165) is 30.6 Å². The summed E-state index contributed by atoms with van der Waals surface area (Å²) >= 11 is 3.52. The van der Waals surface area contributed by atoms with Crippen molar-refractivity contribution < 1.29 is 4.79 Å². The lowest BCUT2D eigenvalue weighted by Gasteiger charge is -2.26. The van der Waals surface area contributed by atoms with Gasteiger partial charge in [0.25, 0.3) is 5.91 Å². The molecule has 3 aromatic rings. The maximum Gasteiger partial charge on any atom is 0.253 e. The number of hydrogen-bond acceptors (Lipinski definition) is 4. The number of rotatable bonds is 7. The second-order valence-electron chi connectivity index (χ2n) is 11.5. The van der Waals surface area contributed by atoms with Gasteiger partial charge in [0.15, 0.2) is 0 Å². The minimum absolute atomic E-state index is 0.0419. The van der Waals surface area contributed by atoms with Gasteiger partial charge in [-0.3, -0.25) is 9.52 Å². The van der Waals surface area contributed by atoms with Crippen LogP contribution in [0.4, 0.5) is 0 Å². The molecule has 2 fully saturated rings. The standard InChI is InChI=1S/C29H39N3OS2/c1-19-24(28(33)30-21-11-8-12-21)17-25(32(19)18-20-9-6-5-7-10-20)22-13-14-26(35-31-29(2,3)4)23-15-16-34-27(22)23/h13-17,20-21,31H,5-12,18H2,1-4H3,(H,30,33). The van der Waals surface area contributed by atoms with Crippen LogP contribution in [0.2, 0.25) is 0 Å². The van der Waals surface area contributed by atoms with Crippen LogP contribution in [-0.4, -0.2) is 22.1 Å². The smallest absolute Gasteiger partial charge is 0.253 e. The van der Waals surface area contributed by atoms with Crippen LogP contribution in [0.3, 0.4) is 0 Å². The lowest BCUT2D eigenvalue weighted by molar-refractivity contribution is 0.0916. The molecule has 0 aliphatic heterocycles. The molecule has 0 atom stereocenters. The van der Waals surface area contributed by atoms with E-state index in [2.05, 4.69) is 71.9 Å². The Hall–Kier alpha value is -1.76. The van der Waals surface area contributed by atoms with Gasteiger partial charge in [0.05, 0.1) is 11.3 Å². The number of thiophene rings is 1. The number of carbonyl (C=O) groups is 1. The van der Waals surface area contributed by atoms with E-state index in [4.69, 9.17) is 0 Å². The summed E-state index contributed by atoms with van der Waals surface area (Å²) in [7, 11) is 0. The summed E-state index contributed by atoms with van der Waals surface area (Å²) in [4.78, 5) is 14.5. The number of aromatic nitrogens is 1. The monoisotopic (exact) mass is 509 g/mol.